The van der Waals surface area contributed by atoms with E-state index in [2.05, 4.69) is 0 Å². The molecule has 1 N–H and O–H groups in total. The third-order valence-electron chi connectivity index (χ3n) is 2.29. The lowest BCUT2D eigenvalue weighted by molar-refractivity contribution is -0.154. The van der Waals surface area contributed by atoms with Gasteiger partial charge in [-0.3, -0.25) is 0 Å². The number of aliphatic hydroxyl groups is 1. The molecule has 1 rings (SSSR count). The molecule has 1 unspecified atom stereocenters. The third kappa shape index (κ3) is 3.49. The summed E-state index contributed by atoms with van der Waals surface area (Å²) in [6.45, 7) is 0. The van der Waals surface area contributed by atoms with Crippen molar-refractivity contribution in [3.05, 3.63) is 23.5 Å². The van der Waals surface area contributed by atoms with Crippen LogP contribution in [0.25, 0.3) is 0 Å². The molecule has 0 bridgehead atoms. The normalized spacial score (nSPS) is 13.3. The van der Waals surface area contributed by atoms with Gasteiger partial charge in [-0.15, -0.1) is 0 Å². The Labute approximate surface area is 101 Å². The van der Waals surface area contributed by atoms with Crippen molar-refractivity contribution in [2.24, 2.45) is 0 Å². The Morgan fingerprint density at radius 2 is 1.67 bits per heavy atom. The van der Waals surface area contributed by atoms with Gasteiger partial charge in [0.1, 0.15) is 5.82 Å². The first-order valence-electron chi connectivity index (χ1n) is 4.94. The highest BCUT2D eigenvalue weighted by Crippen LogP contribution is 2.36. The number of halogens is 4. The van der Waals surface area contributed by atoms with Gasteiger partial charge in [-0.1, -0.05) is 0 Å². The number of rotatable bonds is 4. The van der Waals surface area contributed by atoms with Crippen LogP contribution in [-0.4, -0.2) is 25.5 Å². The van der Waals surface area contributed by atoms with Gasteiger partial charge in [0, 0.05) is 11.6 Å². The van der Waals surface area contributed by atoms with Crippen LogP contribution in [0.5, 0.6) is 11.5 Å². The summed E-state index contributed by atoms with van der Waals surface area (Å²) in [4.78, 5) is 0. The zero-order valence-electron chi connectivity index (χ0n) is 9.71. The minimum absolute atomic E-state index is 0.0398. The van der Waals surface area contributed by atoms with Crippen LogP contribution in [0.3, 0.4) is 0 Å². The topological polar surface area (TPSA) is 38.7 Å². The molecular weight excluding hydrogens is 256 g/mol. The minimum Gasteiger partial charge on any atom is -0.493 e. The van der Waals surface area contributed by atoms with Gasteiger partial charge in [0.2, 0.25) is 0 Å². The van der Waals surface area contributed by atoms with Gasteiger partial charge in [0.25, 0.3) is 0 Å². The van der Waals surface area contributed by atoms with E-state index in [1.807, 2.05) is 0 Å². The number of benzene rings is 1. The molecule has 7 heteroatoms. The maximum Gasteiger partial charge on any atom is 0.391 e. The molecule has 0 aliphatic carbocycles. The fraction of sp³-hybridized carbons (Fsp3) is 0.455. The summed E-state index contributed by atoms with van der Waals surface area (Å²) in [6, 6.07) is 1.86. The summed E-state index contributed by atoms with van der Waals surface area (Å²) in [5.74, 6) is -0.891. The molecule has 1 aromatic rings. The summed E-state index contributed by atoms with van der Waals surface area (Å²) in [6.07, 6.45) is -8.09. The van der Waals surface area contributed by atoms with Crippen LogP contribution in [0.4, 0.5) is 17.6 Å². The zero-order valence-corrected chi connectivity index (χ0v) is 9.71. The number of hydrogen-bond acceptors (Lipinski definition) is 3. The Morgan fingerprint density at radius 1 is 1.17 bits per heavy atom. The number of hydrogen-bond donors (Lipinski definition) is 1. The molecule has 0 heterocycles. The molecule has 0 radical (unpaired) electrons. The minimum atomic E-state index is -4.58. The lowest BCUT2D eigenvalue weighted by Crippen LogP contribution is -2.14. The van der Waals surface area contributed by atoms with Crippen molar-refractivity contribution in [2.45, 2.75) is 18.7 Å². The average Bonchev–Trinajstić information content (AvgIpc) is 2.26. The molecule has 0 aromatic heterocycles. The highest BCUT2D eigenvalue weighted by atomic mass is 19.4. The third-order valence-corrected chi connectivity index (χ3v) is 2.29. The molecule has 0 saturated heterocycles. The van der Waals surface area contributed by atoms with Crippen molar-refractivity contribution in [3.63, 3.8) is 0 Å². The lowest BCUT2D eigenvalue weighted by atomic mass is 10.0. The average molecular weight is 268 g/mol. The number of alkyl halides is 3. The fourth-order valence-corrected chi connectivity index (χ4v) is 1.45. The Hall–Kier alpha value is -1.50. The Balaban J connectivity index is 3.09. The van der Waals surface area contributed by atoms with Gasteiger partial charge in [0.15, 0.2) is 11.5 Å². The molecule has 0 amide bonds. The second-order valence-corrected chi connectivity index (χ2v) is 3.56. The fourth-order valence-electron chi connectivity index (χ4n) is 1.45. The highest BCUT2D eigenvalue weighted by molar-refractivity contribution is 5.44. The van der Waals surface area contributed by atoms with Crippen molar-refractivity contribution in [3.8, 4) is 11.5 Å². The Morgan fingerprint density at radius 3 is 2.11 bits per heavy atom. The van der Waals surface area contributed by atoms with Crippen molar-refractivity contribution < 1.29 is 32.1 Å². The predicted molar refractivity (Wildman–Crippen MR) is 55.1 cm³/mol. The molecule has 102 valence electrons. The second-order valence-electron chi connectivity index (χ2n) is 3.56. The molecule has 0 spiro atoms. The second kappa shape index (κ2) is 5.43. The molecule has 1 atom stereocenters. The van der Waals surface area contributed by atoms with Crippen molar-refractivity contribution in [1.29, 1.82) is 0 Å². The summed E-state index contributed by atoms with van der Waals surface area (Å²) in [7, 11) is 2.53. The predicted octanol–water partition coefficient (Wildman–Crippen LogP) is 2.83. The van der Waals surface area contributed by atoms with Crippen molar-refractivity contribution in [2.75, 3.05) is 14.2 Å². The lowest BCUT2D eigenvalue weighted by Gasteiger charge is -2.16. The first-order chi connectivity index (χ1) is 8.28. The zero-order chi connectivity index (χ0) is 13.9. The van der Waals surface area contributed by atoms with Gasteiger partial charge >= 0.3 is 6.18 Å². The van der Waals surface area contributed by atoms with E-state index in [1.165, 1.54) is 14.2 Å². The van der Waals surface area contributed by atoms with Gasteiger partial charge in [0.05, 0.1) is 26.7 Å². The van der Waals surface area contributed by atoms with E-state index < -0.39 is 30.1 Å². The quantitative estimate of drug-likeness (QED) is 0.853. The molecule has 0 aliphatic rings. The van der Waals surface area contributed by atoms with E-state index in [4.69, 9.17) is 9.47 Å². The largest absolute Gasteiger partial charge is 0.493 e. The van der Waals surface area contributed by atoms with Crippen LogP contribution in [0.2, 0.25) is 0 Å². The Bertz CT molecular complexity index is 417. The van der Waals surface area contributed by atoms with E-state index in [0.717, 1.165) is 12.1 Å². The highest BCUT2D eigenvalue weighted by Gasteiger charge is 2.33. The number of aliphatic hydroxyl groups excluding tert-OH is 1. The van der Waals surface area contributed by atoms with Crippen LogP contribution >= 0.6 is 0 Å². The monoisotopic (exact) mass is 268 g/mol. The van der Waals surface area contributed by atoms with Crippen molar-refractivity contribution in [1.82, 2.24) is 0 Å². The van der Waals surface area contributed by atoms with Crippen LogP contribution in [0.15, 0.2) is 12.1 Å². The molecular formula is C11H12F4O3. The van der Waals surface area contributed by atoms with E-state index >= 15 is 0 Å². The molecule has 0 aliphatic heterocycles. The van der Waals surface area contributed by atoms with E-state index in [1.54, 1.807) is 0 Å². The summed E-state index contributed by atoms with van der Waals surface area (Å²) < 4.78 is 59.5. The first-order valence-corrected chi connectivity index (χ1v) is 4.94. The smallest absolute Gasteiger partial charge is 0.391 e. The van der Waals surface area contributed by atoms with Crippen LogP contribution in [-0.2, 0) is 0 Å². The first kappa shape index (κ1) is 14.6. The van der Waals surface area contributed by atoms with Crippen LogP contribution in [0, 0.1) is 5.82 Å². The van der Waals surface area contributed by atoms with E-state index in [-0.39, 0.29) is 11.5 Å². The van der Waals surface area contributed by atoms with E-state index in [9.17, 15) is 22.7 Å². The van der Waals surface area contributed by atoms with Crippen LogP contribution < -0.4 is 9.47 Å². The van der Waals surface area contributed by atoms with E-state index in [0.29, 0.717) is 0 Å². The van der Waals surface area contributed by atoms with Crippen LogP contribution in [0.1, 0.15) is 18.1 Å². The maximum absolute atomic E-state index is 13.5. The molecule has 0 fully saturated rings. The number of methoxy groups -OCH3 is 2. The SMILES string of the molecule is COc1cc(F)c(C(O)CC(F)(F)F)cc1OC. The maximum atomic E-state index is 13.5. The molecule has 1 aromatic carbocycles. The molecule has 0 saturated carbocycles. The standard InChI is InChI=1S/C11H12F4O3/c1-17-9-3-6(7(12)4-10(9)18-2)8(16)5-11(13,14)15/h3-4,8,16H,5H2,1-2H3. The molecule has 18 heavy (non-hydrogen) atoms. The van der Waals surface area contributed by atoms with Crippen molar-refractivity contribution >= 4 is 0 Å². The molecule has 3 nitrogen and oxygen atoms in total. The summed E-state index contributed by atoms with van der Waals surface area (Å²) in [5, 5.41) is 9.36. The summed E-state index contributed by atoms with van der Waals surface area (Å²) >= 11 is 0. The number of ether oxygens (including phenoxy) is 2. The van der Waals surface area contributed by atoms with Gasteiger partial charge < -0.3 is 14.6 Å². The van der Waals surface area contributed by atoms with Gasteiger partial charge in [-0.25, -0.2) is 4.39 Å². The van der Waals surface area contributed by atoms with Gasteiger partial charge in [-0.2, -0.15) is 13.2 Å². The van der Waals surface area contributed by atoms with Gasteiger partial charge in [-0.05, 0) is 6.07 Å². The summed E-state index contributed by atoms with van der Waals surface area (Å²) in [5.41, 5.74) is -0.482. The Kier molecular flexibility index (Phi) is 4.39.